The molecule has 0 spiro atoms. The molecule has 0 aliphatic carbocycles. The number of carbonyl (C=O) groups is 1. The Labute approximate surface area is 159 Å². The monoisotopic (exact) mass is 386 g/mol. The fourth-order valence-electron chi connectivity index (χ4n) is 2.41. The first-order chi connectivity index (χ1) is 12.8. The molecule has 0 radical (unpaired) electrons. The van der Waals surface area contributed by atoms with Crippen LogP contribution in [0.4, 0.5) is 5.69 Å². The second kappa shape index (κ2) is 7.55. The second-order valence-corrected chi connectivity index (χ2v) is 6.37. The third-order valence-corrected chi connectivity index (χ3v) is 4.20. The summed E-state index contributed by atoms with van der Waals surface area (Å²) in [5.41, 5.74) is 1.90. The number of aryl methyl sites for hydroxylation is 1. The SMILES string of the molecule is Cc1ccc(-c2noc(CN(C)C(=O)c3ccc([N+](=O)[O-])cc3Cl)n2)cc1. The molecule has 9 heteroatoms. The molecule has 27 heavy (non-hydrogen) atoms. The first-order valence-electron chi connectivity index (χ1n) is 7.94. The fourth-order valence-corrected chi connectivity index (χ4v) is 2.67. The summed E-state index contributed by atoms with van der Waals surface area (Å²) in [6.45, 7) is 2.06. The summed E-state index contributed by atoms with van der Waals surface area (Å²) in [6.07, 6.45) is 0. The summed E-state index contributed by atoms with van der Waals surface area (Å²) >= 11 is 6.01. The van der Waals surface area contributed by atoms with Gasteiger partial charge in [0.05, 0.1) is 22.1 Å². The Morgan fingerprint density at radius 1 is 1.26 bits per heavy atom. The number of hydrogen-bond donors (Lipinski definition) is 0. The molecule has 0 aliphatic rings. The van der Waals surface area contributed by atoms with Crippen LogP contribution >= 0.6 is 11.6 Å². The number of nitrogens with zero attached hydrogens (tertiary/aromatic N) is 4. The van der Waals surface area contributed by atoms with Crippen LogP contribution in [-0.4, -0.2) is 32.9 Å². The van der Waals surface area contributed by atoms with Crippen molar-refractivity contribution in [2.24, 2.45) is 0 Å². The molecule has 0 saturated carbocycles. The zero-order valence-corrected chi connectivity index (χ0v) is 15.3. The van der Waals surface area contributed by atoms with Gasteiger partial charge in [0.1, 0.15) is 0 Å². The molecule has 1 aromatic heterocycles. The summed E-state index contributed by atoms with van der Waals surface area (Å²) in [6, 6.07) is 11.4. The normalized spacial score (nSPS) is 10.6. The molecular formula is C18H15ClN4O4. The lowest BCUT2D eigenvalue weighted by Gasteiger charge is -2.15. The van der Waals surface area contributed by atoms with Crippen LogP contribution < -0.4 is 0 Å². The second-order valence-electron chi connectivity index (χ2n) is 5.96. The van der Waals surface area contributed by atoms with E-state index in [1.807, 2.05) is 31.2 Å². The standard InChI is InChI=1S/C18H15ClN4O4/c1-11-3-5-12(6-4-11)17-20-16(27-21-17)10-22(2)18(24)14-8-7-13(23(25)26)9-15(14)19/h3-9H,10H2,1-2H3. The van der Waals surface area contributed by atoms with Gasteiger partial charge < -0.3 is 9.42 Å². The number of benzene rings is 2. The van der Waals surface area contributed by atoms with E-state index in [9.17, 15) is 14.9 Å². The third-order valence-electron chi connectivity index (χ3n) is 3.89. The molecule has 0 fully saturated rings. The number of aromatic nitrogens is 2. The van der Waals surface area contributed by atoms with Gasteiger partial charge in [-0.1, -0.05) is 46.6 Å². The number of rotatable bonds is 5. The minimum Gasteiger partial charge on any atom is -0.337 e. The zero-order chi connectivity index (χ0) is 19.6. The molecule has 2 aromatic carbocycles. The molecule has 0 aliphatic heterocycles. The number of carbonyl (C=O) groups excluding carboxylic acids is 1. The predicted octanol–water partition coefficient (Wildman–Crippen LogP) is 3.88. The van der Waals surface area contributed by atoms with Crippen molar-refractivity contribution < 1.29 is 14.2 Å². The Morgan fingerprint density at radius 2 is 1.96 bits per heavy atom. The maximum Gasteiger partial charge on any atom is 0.270 e. The predicted molar refractivity (Wildman–Crippen MR) is 98.4 cm³/mol. The first-order valence-corrected chi connectivity index (χ1v) is 8.32. The van der Waals surface area contributed by atoms with Crippen LogP contribution in [0.15, 0.2) is 47.0 Å². The lowest BCUT2D eigenvalue weighted by Crippen LogP contribution is -2.26. The van der Waals surface area contributed by atoms with Gasteiger partial charge in [0.15, 0.2) is 0 Å². The van der Waals surface area contributed by atoms with Crippen molar-refractivity contribution in [1.82, 2.24) is 15.0 Å². The third kappa shape index (κ3) is 4.12. The summed E-state index contributed by atoms with van der Waals surface area (Å²) in [4.78, 5) is 28.4. The van der Waals surface area contributed by atoms with Crippen molar-refractivity contribution in [3.8, 4) is 11.4 Å². The van der Waals surface area contributed by atoms with Gasteiger partial charge in [0.2, 0.25) is 11.7 Å². The van der Waals surface area contributed by atoms with E-state index in [4.69, 9.17) is 16.1 Å². The van der Waals surface area contributed by atoms with Crippen LogP contribution in [0.3, 0.4) is 0 Å². The number of amides is 1. The van der Waals surface area contributed by atoms with E-state index in [-0.39, 0.29) is 28.7 Å². The maximum absolute atomic E-state index is 12.5. The van der Waals surface area contributed by atoms with Gasteiger partial charge in [0.25, 0.3) is 11.6 Å². The molecule has 0 saturated heterocycles. The number of halogens is 1. The number of non-ortho nitro benzene ring substituents is 1. The van der Waals surface area contributed by atoms with E-state index in [1.165, 1.54) is 17.0 Å². The van der Waals surface area contributed by atoms with Gasteiger partial charge in [-0.2, -0.15) is 4.98 Å². The van der Waals surface area contributed by atoms with Gasteiger partial charge in [-0.05, 0) is 13.0 Å². The van der Waals surface area contributed by atoms with Crippen LogP contribution in [0.2, 0.25) is 5.02 Å². The highest BCUT2D eigenvalue weighted by molar-refractivity contribution is 6.34. The molecule has 1 amide bonds. The highest BCUT2D eigenvalue weighted by Crippen LogP contribution is 2.24. The quantitative estimate of drug-likeness (QED) is 0.487. The average molecular weight is 387 g/mol. The Kier molecular flexibility index (Phi) is 5.18. The van der Waals surface area contributed by atoms with E-state index < -0.39 is 10.8 Å². The molecule has 0 bridgehead atoms. The molecular weight excluding hydrogens is 372 g/mol. The van der Waals surface area contributed by atoms with Crippen LogP contribution in [0.5, 0.6) is 0 Å². The van der Waals surface area contributed by atoms with Gasteiger partial charge in [0, 0.05) is 24.7 Å². The van der Waals surface area contributed by atoms with Crippen LogP contribution in [0.25, 0.3) is 11.4 Å². The molecule has 3 aromatic rings. The highest BCUT2D eigenvalue weighted by Gasteiger charge is 2.20. The summed E-state index contributed by atoms with van der Waals surface area (Å²) in [7, 11) is 1.55. The summed E-state index contributed by atoms with van der Waals surface area (Å²) in [5, 5.41) is 14.7. The first kappa shape index (κ1) is 18.5. The topological polar surface area (TPSA) is 102 Å². The fraction of sp³-hybridized carbons (Fsp3) is 0.167. The molecule has 0 unspecified atom stereocenters. The van der Waals surface area contributed by atoms with Crippen molar-refractivity contribution in [2.75, 3.05) is 7.05 Å². The Balaban J connectivity index is 1.73. The highest BCUT2D eigenvalue weighted by atomic mass is 35.5. The Bertz CT molecular complexity index is 1000. The molecule has 0 N–H and O–H groups in total. The van der Waals surface area contributed by atoms with E-state index in [0.717, 1.165) is 17.2 Å². The van der Waals surface area contributed by atoms with E-state index in [2.05, 4.69) is 10.1 Å². The van der Waals surface area contributed by atoms with Gasteiger partial charge in [-0.15, -0.1) is 0 Å². The van der Waals surface area contributed by atoms with E-state index >= 15 is 0 Å². The van der Waals surface area contributed by atoms with Crippen molar-refractivity contribution in [3.63, 3.8) is 0 Å². The maximum atomic E-state index is 12.5. The van der Waals surface area contributed by atoms with E-state index in [0.29, 0.717) is 5.82 Å². The summed E-state index contributed by atoms with van der Waals surface area (Å²) in [5.74, 6) is 0.281. The van der Waals surface area contributed by atoms with Crippen molar-refractivity contribution in [3.05, 3.63) is 74.6 Å². The lowest BCUT2D eigenvalue weighted by molar-refractivity contribution is -0.384. The average Bonchev–Trinajstić information content (AvgIpc) is 3.10. The number of nitro benzene ring substituents is 1. The van der Waals surface area contributed by atoms with Crippen LogP contribution in [0, 0.1) is 17.0 Å². The van der Waals surface area contributed by atoms with Crippen molar-refractivity contribution in [2.45, 2.75) is 13.5 Å². The number of nitro groups is 1. The summed E-state index contributed by atoms with van der Waals surface area (Å²) < 4.78 is 5.21. The van der Waals surface area contributed by atoms with Crippen LogP contribution in [0.1, 0.15) is 21.8 Å². The molecule has 3 rings (SSSR count). The zero-order valence-electron chi connectivity index (χ0n) is 14.5. The molecule has 1 heterocycles. The van der Waals surface area contributed by atoms with E-state index in [1.54, 1.807) is 7.05 Å². The van der Waals surface area contributed by atoms with Gasteiger partial charge in [-0.25, -0.2) is 0 Å². The van der Waals surface area contributed by atoms with Gasteiger partial charge >= 0.3 is 0 Å². The molecule has 138 valence electrons. The van der Waals surface area contributed by atoms with Crippen molar-refractivity contribution >= 4 is 23.2 Å². The Hall–Kier alpha value is -3.26. The van der Waals surface area contributed by atoms with Crippen molar-refractivity contribution in [1.29, 1.82) is 0 Å². The minimum atomic E-state index is -0.575. The van der Waals surface area contributed by atoms with Gasteiger partial charge in [-0.3, -0.25) is 14.9 Å². The Morgan fingerprint density at radius 3 is 2.59 bits per heavy atom. The molecule has 8 nitrogen and oxygen atoms in total. The largest absolute Gasteiger partial charge is 0.337 e. The van der Waals surface area contributed by atoms with Crippen LogP contribution in [-0.2, 0) is 6.54 Å². The number of hydrogen-bond acceptors (Lipinski definition) is 6. The smallest absolute Gasteiger partial charge is 0.270 e. The molecule has 0 atom stereocenters. The lowest BCUT2D eigenvalue weighted by atomic mass is 10.1. The minimum absolute atomic E-state index is 0.00641.